The summed E-state index contributed by atoms with van der Waals surface area (Å²) >= 11 is 0. The maximum Gasteiger partial charge on any atom is 0.135 e. The summed E-state index contributed by atoms with van der Waals surface area (Å²) in [6.07, 6.45) is 0.836. The summed E-state index contributed by atoms with van der Waals surface area (Å²) < 4.78 is 5.59. The Labute approximate surface area is 83.9 Å². The summed E-state index contributed by atoms with van der Waals surface area (Å²) in [5.41, 5.74) is 1.12. The van der Waals surface area contributed by atoms with E-state index < -0.39 is 0 Å². The summed E-state index contributed by atoms with van der Waals surface area (Å²) in [5.74, 6) is 0.286. The highest BCUT2D eigenvalue weighted by molar-refractivity contribution is 5.79. The van der Waals surface area contributed by atoms with E-state index in [4.69, 9.17) is 4.74 Å². The second kappa shape index (κ2) is 3.93. The van der Waals surface area contributed by atoms with E-state index in [2.05, 4.69) is 0 Å². The molecule has 0 N–H and O–H groups in total. The van der Waals surface area contributed by atoms with Crippen molar-refractivity contribution in [3.8, 4) is 0 Å². The van der Waals surface area contributed by atoms with Crippen LogP contribution >= 0.6 is 0 Å². The van der Waals surface area contributed by atoms with Gasteiger partial charge in [0, 0.05) is 12.5 Å². The molecule has 2 nitrogen and oxygen atoms in total. The minimum absolute atomic E-state index is 0.0197. The van der Waals surface area contributed by atoms with Crippen LogP contribution < -0.4 is 0 Å². The van der Waals surface area contributed by atoms with Crippen molar-refractivity contribution < 1.29 is 9.53 Å². The van der Waals surface area contributed by atoms with E-state index in [-0.39, 0.29) is 17.8 Å². The smallest absolute Gasteiger partial charge is 0.135 e. The summed E-state index contributed by atoms with van der Waals surface area (Å²) in [6, 6.07) is 9.97. The highest BCUT2D eigenvalue weighted by Crippen LogP contribution is 2.34. The molecule has 0 aliphatic carbocycles. The van der Waals surface area contributed by atoms with Crippen LogP contribution in [0.4, 0.5) is 0 Å². The van der Waals surface area contributed by atoms with Crippen molar-refractivity contribution in [1.29, 1.82) is 0 Å². The number of rotatable bonds is 2. The summed E-state index contributed by atoms with van der Waals surface area (Å²) in [7, 11) is 0. The molecule has 0 spiro atoms. The van der Waals surface area contributed by atoms with Crippen LogP contribution in [0.2, 0.25) is 0 Å². The fourth-order valence-corrected chi connectivity index (χ4v) is 1.98. The van der Waals surface area contributed by atoms with Crippen molar-refractivity contribution in [2.45, 2.75) is 19.4 Å². The number of Topliss-reactive ketones (excluding diaryl/α,β-unsaturated/α-hetero) is 1. The van der Waals surface area contributed by atoms with Gasteiger partial charge in [0.15, 0.2) is 0 Å². The first-order valence-corrected chi connectivity index (χ1v) is 4.96. The number of carbonyl (C=O) groups is 1. The monoisotopic (exact) mass is 190 g/mol. The standard InChI is InChI=1S/C12H14O2/c1-9(13)11-7-8-14-12(11)10-5-3-2-4-6-10/h2-6,11-12H,7-8H2,1H3/t11-,12+/m0/s1. The van der Waals surface area contributed by atoms with Crippen LogP contribution in [-0.4, -0.2) is 12.4 Å². The Morgan fingerprint density at radius 1 is 1.36 bits per heavy atom. The van der Waals surface area contributed by atoms with Crippen molar-refractivity contribution in [1.82, 2.24) is 0 Å². The van der Waals surface area contributed by atoms with Gasteiger partial charge < -0.3 is 4.74 Å². The van der Waals surface area contributed by atoms with Gasteiger partial charge in [-0.1, -0.05) is 30.3 Å². The van der Waals surface area contributed by atoms with Gasteiger partial charge >= 0.3 is 0 Å². The lowest BCUT2D eigenvalue weighted by Gasteiger charge is -2.15. The van der Waals surface area contributed by atoms with Crippen molar-refractivity contribution in [3.63, 3.8) is 0 Å². The zero-order valence-electron chi connectivity index (χ0n) is 8.27. The van der Waals surface area contributed by atoms with Crippen LogP contribution in [0.1, 0.15) is 25.0 Å². The molecule has 14 heavy (non-hydrogen) atoms. The van der Waals surface area contributed by atoms with E-state index in [1.165, 1.54) is 0 Å². The predicted octanol–water partition coefficient (Wildman–Crippen LogP) is 2.35. The lowest BCUT2D eigenvalue weighted by atomic mass is 9.92. The van der Waals surface area contributed by atoms with Crippen LogP contribution in [0.25, 0.3) is 0 Å². The normalized spacial score (nSPS) is 26.4. The third-order valence-electron chi connectivity index (χ3n) is 2.74. The fourth-order valence-electron chi connectivity index (χ4n) is 1.98. The second-order valence-corrected chi connectivity index (χ2v) is 3.71. The maximum absolute atomic E-state index is 11.3. The average molecular weight is 190 g/mol. The molecule has 0 amide bonds. The molecule has 1 aliphatic heterocycles. The van der Waals surface area contributed by atoms with Crippen LogP contribution in [0.3, 0.4) is 0 Å². The predicted molar refractivity (Wildman–Crippen MR) is 53.9 cm³/mol. The Balaban J connectivity index is 2.22. The molecule has 0 radical (unpaired) electrons. The number of hydrogen-bond acceptors (Lipinski definition) is 2. The molecule has 2 rings (SSSR count). The summed E-state index contributed by atoms with van der Waals surface area (Å²) in [4.78, 5) is 11.3. The molecule has 1 heterocycles. The molecular formula is C12H14O2. The maximum atomic E-state index is 11.3. The molecule has 1 saturated heterocycles. The highest BCUT2D eigenvalue weighted by atomic mass is 16.5. The minimum Gasteiger partial charge on any atom is -0.373 e. The highest BCUT2D eigenvalue weighted by Gasteiger charge is 2.32. The Morgan fingerprint density at radius 2 is 2.07 bits per heavy atom. The zero-order chi connectivity index (χ0) is 9.97. The topological polar surface area (TPSA) is 26.3 Å². The molecule has 0 bridgehead atoms. The Morgan fingerprint density at radius 3 is 2.71 bits per heavy atom. The summed E-state index contributed by atoms with van der Waals surface area (Å²) in [6.45, 7) is 2.35. The molecule has 2 atom stereocenters. The van der Waals surface area contributed by atoms with E-state index in [0.717, 1.165) is 12.0 Å². The van der Waals surface area contributed by atoms with Gasteiger partial charge in [0.1, 0.15) is 5.78 Å². The van der Waals surface area contributed by atoms with Gasteiger partial charge in [-0.2, -0.15) is 0 Å². The zero-order valence-corrected chi connectivity index (χ0v) is 8.27. The number of ether oxygens (including phenoxy) is 1. The Kier molecular flexibility index (Phi) is 2.64. The quantitative estimate of drug-likeness (QED) is 0.715. The molecule has 74 valence electrons. The van der Waals surface area contributed by atoms with Gasteiger partial charge in [-0.3, -0.25) is 4.79 Å². The van der Waals surface area contributed by atoms with Crippen molar-refractivity contribution >= 4 is 5.78 Å². The van der Waals surface area contributed by atoms with E-state index in [1.807, 2.05) is 30.3 Å². The molecule has 1 aromatic carbocycles. The molecular weight excluding hydrogens is 176 g/mol. The number of benzene rings is 1. The Bertz CT molecular complexity index is 318. The third kappa shape index (κ3) is 1.70. The lowest BCUT2D eigenvalue weighted by molar-refractivity contribution is -0.122. The van der Waals surface area contributed by atoms with Gasteiger partial charge in [0.25, 0.3) is 0 Å². The Hall–Kier alpha value is -1.15. The molecule has 1 aromatic rings. The first kappa shape index (κ1) is 9.41. The van der Waals surface area contributed by atoms with Crippen LogP contribution in [0.15, 0.2) is 30.3 Å². The molecule has 0 saturated carbocycles. The second-order valence-electron chi connectivity index (χ2n) is 3.71. The van der Waals surface area contributed by atoms with E-state index in [0.29, 0.717) is 6.61 Å². The minimum atomic E-state index is -0.0197. The van der Waals surface area contributed by atoms with Crippen LogP contribution in [-0.2, 0) is 9.53 Å². The molecule has 2 heteroatoms. The van der Waals surface area contributed by atoms with E-state index in [9.17, 15) is 4.79 Å². The van der Waals surface area contributed by atoms with Crippen molar-refractivity contribution in [2.24, 2.45) is 5.92 Å². The molecule has 1 aliphatic rings. The SMILES string of the molecule is CC(=O)[C@@H]1CCO[C@@H]1c1ccccc1. The third-order valence-corrected chi connectivity index (χ3v) is 2.74. The van der Waals surface area contributed by atoms with Gasteiger partial charge in [0.2, 0.25) is 0 Å². The first-order chi connectivity index (χ1) is 6.79. The average Bonchev–Trinajstić information content (AvgIpc) is 2.67. The number of carbonyl (C=O) groups excluding carboxylic acids is 1. The fraction of sp³-hybridized carbons (Fsp3) is 0.417. The van der Waals surface area contributed by atoms with Gasteiger partial charge in [0.05, 0.1) is 6.10 Å². The van der Waals surface area contributed by atoms with Gasteiger partial charge in [-0.15, -0.1) is 0 Å². The van der Waals surface area contributed by atoms with Gasteiger partial charge in [-0.05, 0) is 18.9 Å². The summed E-state index contributed by atoms with van der Waals surface area (Å²) in [5, 5.41) is 0. The van der Waals surface area contributed by atoms with Crippen molar-refractivity contribution in [2.75, 3.05) is 6.61 Å². The molecule has 0 unspecified atom stereocenters. The van der Waals surface area contributed by atoms with Crippen molar-refractivity contribution in [3.05, 3.63) is 35.9 Å². The number of hydrogen-bond donors (Lipinski definition) is 0. The first-order valence-electron chi connectivity index (χ1n) is 4.96. The molecule has 0 aromatic heterocycles. The van der Waals surface area contributed by atoms with E-state index >= 15 is 0 Å². The van der Waals surface area contributed by atoms with Crippen LogP contribution in [0.5, 0.6) is 0 Å². The van der Waals surface area contributed by atoms with Crippen LogP contribution in [0, 0.1) is 5.92 Å². The van der Waals surface area contributed by atoms with Gasteiger partial charge in [-0.25, -0.2) is 0 Å². The molecule has 1 fully saturated rings. The van der Waals surface area contributed by atoms with E-state index in [1.54, 1.807) is 6.92 Å². The number of ketones is 1. The lowest BCUT2D eigenvalue weighted by Crippen LogP contribution is -2.15. The largest absolute Gasteiger partial charge is 0.373 e.